The molecule has 0 unspecified atom stereocenters. The number of rotatable bonds is 4. The first-order valence-electron chi connectivity index (χ1n) is 7.42. The Kier molecular flexibility index (Phi) is 4.56. The van der Waals surface area contributed by atoms with Gasteiger partial charge in [0.1, 0.15) is 6.04 Å². The fourth-order valence-corrected chi connectivity index (χ4v) is 4.60. The lowest BCUT2D eigenvalue weighted by Crippen LogP contribution is -2.60. The summed E-state index contributed by atoms with van der Waals surface area (Å²) < 4.78 is 5.43. The van der Waals surface area contributed by atoms with Gasteiger partial charge in [0, 0.05) is 37.5 Å². The largest absolute Gasteiger partial charge is 0.379 e. The van der Waals surface area contributed by atoms with Gasteiger partial charge in [-0.3, -0.25) is 9.69 Å². The molecule has 0 radical (unpaired) electrons. The van der Waals surface area contributed by atoms with Crippen LogP contribution in [0.15, 0.2) is 0 Å². The molecule has 0 aromatic heterocycles. The number of hydrogen-bond acceptors (Lipinski definition) is 5. The number of nitrogens with zero attached hydrogens (tertiary/aromatic N) is 1. The van der Waals surface area contributed by atoms with E-state index in [4.69, 9.17) is 4.74 Å². The van der Waals surface area contributed by atoms with E-state index in [1.807, 2.05) is 11.8 Å². The van der Waals surface area contributed by atoms with Gasteiger partial charge < -0.3 is 20.7 Å². The van der Waals surface area contributed by atoms with Crippen LogP contribution in [0.1, 0.15) is 6.42 Å². The smallest absolute Gasteiger partial charge is 0.315 e. The van der Waals surface area contributed by atoms with Crippen LogP contribution in [0.25, 0.3) is 0 Å². The van der Waals surface area contributed by atoms with Crippen molar-refractivity contribution in [1.82, 2.24) is 20.9 Å². The van der Waals surface area contributed by atoms with Crippen molar-refractivity contribution in [1.29, 1.82) is 0 Å². The van der Waals surface area contributed by atoms with E-state index in [0.29, 0.717) is 13.1 Å². The summed E-state index contributed by atoms with van der Waals surface area (Å²) in [6.45, 7) is 4.40. The molecule has 3 aliphatic rings. The number of morpholine rings is 1. The quantitative estimate of drug-likeness (QED) is 0.619. The fraction of sp³-hybridized carbons (Fsp3) is 0.846. The van der Waals surface area contributed by atoms with Crippen LogP contribution in [-0.2, 0) is 9.53 Å². The fourth-order valence-electron chi connectivity index (χ4n) is 3.12. The second-order valence-corrected chi connectivity index (χ2v) is 6.86. The number of carbonyl (C=O) groups is 2. The molecule has 3 rings (SSSR count). The first-order chi connectivity index (χ1) is 10.2. The molecule has 3 amide bonds. The predicted molar refractivity (Wildman–Crippen MR) is 80.4 cm³/mol. The van der Waals surface area contributed by atoms with Crippen molar-refractivity contribution in [3.05, 3.63) is 0 Å². The number of carbonyl (C=O) groups excluding carboxylic acids is 2. The SMILES string of the molecule is O=C1NC[C@H](C(=O)NC[C@@]2(N3CCOCC3)CCSC2)N1. The van der Waals surface area contributed by atoms with E-state index in [0.717, 1.165) is 44.2 Å². The molecular formula is C13H22N4O3S. The van der Waals surface area contributed by atoms with E-state index in [1.54, 1.807) is 0 Å². The van der Waals surface area contributed by atoms with Crippen LogP contribution in [0.5, 0.6) is 0 Å². The molecule has 7 nitrogen and oxygen atoms in total. The highest BCUT2D eigenvalue weighted by Crippen LogP contribution is 2.33. The summed E-state index contributed by atoms with van der Waals surface area (Å²) in [7, 11) is 0. The maximum absolute atomic E-state index is 12.2. The molecule has 3 N–H and O–H groups in total. The molecule has 8 heteroatoms. The molecule has 0 aromatic rings. The number of amides is 3. The van der Waals surface area contributed by atoms with E-state index in [9.17, 15) is 9.59 Å². The van der Waals surface area contributed by atoms with Crippen molar-refractivity contribution in [3.8, 4) is 0 Å². The lowest BCUT2D eigenvalue weighted by molar-refractivity contribution is -0.123. The highest BCUT2D eigenvalue weighted by Gasteiger charge is 2.41. The number of ether oxygens (including phenoxy) is 1. The van der Waals surface area contributed by atoms with Gasteiger partial charge in [0.05, 0.1) is 13.2 Å². The zero-order chi connectivity index (χ0) is 14.7. The Morgan fingerprint density at radius 2 is 2.29 bits per heavy atom. The third-order valence-corrected chi connectivity index (χ3v) is 5.68. The monoisotopic (exact) mass is 314 g/mol. The average molecular weight is 314 g/mol. The molecular weight excluding hydrogens is 292 g/mol. The molecule has 0 aliphatic carbocycles. The maximum atomic E-state index is 12.2. The van der Waals surface area contributed by atoms with E-state index in [1.165, 1.54) is 0 Å². The van der Waals surface area contributed by atoms with E-state index in [2.05, 4.69) is 20.9 Å². The number of hydrogen-bond donors (Lipinski definition) is 3. The van der Waals surface area contributed by atoms with Crippen molar-refractivity contribution in [2.45, 2.75) is 18.0 Å². The Morgan fingerprint density at radius 1 is 1.48 bits per heavy atom. The minimum atomic E-state index is -0.451. The molecule has 3 heterocycles. The molecule has 3 saturated heterocycles. The van der Waals surface area contributed by atoms with Crippen molar-refractivity contribution < 1.29 is 14.3 Å². The standard InChI is InChI=1S/C13H22N4O3S/c18-11(10-7-14-12(19)16-10)15-8-13(1-6-21-9-13)17-2-4-20-5-3-17/h10H,1-9H2,(H,15,18)(H2,14,16,19)/t10-,13+/m1/s1. The van der Waals surface area contributed by atoms with Crippen LogP contribution in [0.4, 0.5) is 4.79 Å². The van der Waals surface area contributed by atoms with Gasteiger partial charge in [-0.15, -0.1) is 0 Å². The van der Waals surface area contributed by atoms with Crippen LogP contribution in [0, 0.1) is 0 Å². The first kappa shape index (κ1) is 14.9. The van der Waals surface area contributed by atoms with Gasteiger partial charge in [-0.05, 0) is 12.2 Å². The molecule has 118 valence electrons. The van der Waals surface area contributed by atoms with E-state index in [-0.39, 0.29) is 17.5 Å². The average Bonchev–Trinajstić information content (AvgIpc) is 3.16. The van der Waals surface area contributed by atoms with Gasteiger partial charge in [0.2, 0.25) is 5.91 Å². The van der Waals surface area contributed by atoms with Gasteiger partial charge in [-0.25, -0.2) is 4.79 Å². The Balaban J connectivity index is 1.57. The van der Waals surface area contributed by atoms with E-state index < -0.39 is 6.04 Å². The highest BCUT2D eigenvalue weighted by atomic mass is 32.2. The van der Waals surface area contributed by atoms with Crippen LogP contribution >= 0.6 is 11.8 Å². The summed E-state index contributed by atoms with van der Waals surface area (Å²) in [6.07, 6.45) is 1.09. The minimum Gasteiger partial charge on any atom is -0.379 e. The molecule has 0 saturated carbocycles. The third-order valence-electron chi connectivity index (χ3n) is 4.44. The van der Waals surface area contributed by atoms with Gasteiger partial charge in [-0.2, -0.15) is 11.8 Å². The second-order valence-electron chi connectivity index (χ2n) is 5.75. The predicted octanol–water partition coefficient (Wildman–Crippen LogP) is -1.01. The molecule has 3 fully saturated rings. The molecule has 0 aromatic carbocycles. The van der Waals surface area contributed by atoms with Gasteiger partial charge >= 0.3 is 6.03 Å². The zero-order valence-electron chi connectivity index (χ0n) is 12.0. The van der Waals surface area contributed by atoms with Gasteiger partial charge in [-0.1, -0.05) is 0 Å². The maximum Gasteiger partial charge on any atom is 0.315 e. The summed E-state index contributed by atoms with van der Waals surface area (Å²) in [5.41, 5.74) is 0.0418. The Bertz CT molecular complexity index is 408. The molecule has 2 atom stereocenters. The van der Waals surface area contributed by atoms with Gasteiger partial charge in [0.15, 0.2) is 0 Å². The minimum absolute atomic E-state index is 0.0418. The molecule has 3 aliphatic heterocycles. The summed E-state index contributed by atoms with van der Waals surface area (Å²) in [4.78, 5) is 25.7. The lowest BCUT2D eigenvalue weighted by Gasteiger charge is -2.43. The highest BCUT2D eigenvalue weighted by molar-refractivity contribution is 7.99. The van der Waals surface area contributed by atoms with Crippen LogP contribution in [0.3, 0.4) is 0 Å². The van der Waals surface area contributed by atoms with Crippen LogP contribution in [-0.4, -0.2) is 79.3 Å². The number of urea groups is 1. The van der Waals surface area contributed by atoms with Crippen molar-refractivity contribution in [2.24, 2.45) is 0 Å². The molecule has 0 bridgehead atoms. The Labute approximate surface area is 128 Å². The Morgan fingerprint density at radius 3 is 2.90 bits per heavy atom. The summed E-state index contributed by atoms with van der Waals surface area (Å²) >= 11 is 1.94. The summed E-state index contributed by atoms with van der Waals surface area (Å²) in [5, 5.41) is 8.27. The topological polar surface area (TPSA) is 82.7 Å². The number of nitrogens with one attached hydrogen (secondary N) is 3. The summed E-state index contributed by atoms with van der Waals surface area (Å²) in [6, 6.07) is -0.720. The van der Waals surface area contributed by atoms with Gasteiger partial charge in [0.25, 0.3) is 0 Å². The van der Waals surface area contributed by atoms with Crippen molar-refractivity contribution in [3.63, 3.8) is 0 Å². The van der Waals surface area contributed by atoms with Crippen molar-refractivity contribution in [2.75, 3.05) is 50.9 Å². The third kappa shape index (κ3) is 3.27. The van der Waals surface area contributed by atoms with E-state index >= 15 is 0 Å². The Hall–Kier alpha value is -0.990. The van der Waals surface area contributed by atoms with Crippen LogP contribution < -0.4 is 16.0 Å². The normalized spacial score (nSPS) is 33.5. The lowest BCUT2D eigenvalue weighted by atomic mass is 9.95. The first-order valence-corrected chi connectivity index (χ1v) is 8.58. The molecule has 21 heavy (non-hydrogen) atoms. The second kappa shape index (κ2) is 6.41. The zero-order valence-corrected chi connectivity index (χ0v) is 12.8. The summed E-state index contributed by atoms with van der Waals surface area (Å²) in [5.74, 6) is 2.08. The molecule has 0 spiro atoms. The number of thioether (sulfide) groups is 1. The van der Waals surface area contributed by atoms with Crippen LogP contribution in [0.2, 0.25) is 0 Å². The van der Waals surface area contributed by atoms with Crippen molar-refractivity contribution >= 4 is 23.7 Å².